The van der Waals surface area contributed by atoms with Gasteiger partial charge in [-0.25, -0.2) is 9.18 Å². The van der Waals surface area contributed by atoms with Crippen LogP contribution in [0.1, 0.15) is 0 Å². The maximum Gasteiger partial charge on any atom is 0.338 e. The number of halogens is 2. The van der Waals surface area contributed by atoms with Gasteiger partial charge >= 0.3 is 5.97 Å². The van der Waals surface area contributed by atoms with Crippen LogP contribution in [-0.2, 0) is 15.1 Å². The SMILES string of the molecule is O=C(O)C1=CC(=S(=O)=O)C(Cl)C=C1F. The lowest BCUT2D eigenvalue weighted by Gasteiger charge is -2.09. The number of carboxylic acids is 1. The average molecular weight is 239 g/mol. The zero-order chi connectivity index (χ0) is 10.9. The first kappa shape index (κ1) is 10.9. The largest absolute Gasteiger partial charge is 0.478 e. The molecule has 4 nitrogen and oxygen atoms in total. The number of allylic oxidation sites excluding steroid dienone is 2. The van der Waals surface area contributed by atoms with Crippen LogP contribution in [0.4, 0.5) is 4.39 Å². The molecular formula is C7H4ClFO4S. The number of rotatable bonds is 1. The summed E-state index contributed by atoms with van der Waals surface area (Å²) in [5.74, 6) is -2.57. The maximum atomic E-state index is 12.9. The highest BCUT2D eigenvalue weighted by Gasteiger charge is 2.24. The molecule has 1 rings (SSSR count). The Morgan fingerprint density at radius 1 is 1.57 bits per heavy atom. The fourth-order valence-corrected chi connectivity index (χ4v) is 1.75. The van der Waals surface area contributed by atoms with Gasteiger partial charge in [-0.2, -0.15) is 8.42 Å². The quantitative estimate of drug-likeness (QED) is 0.534. The Balaban J connectivity index is 3.35. The molecule has 0 amide bonds. The van der Waals surface area contributed by atoms with Gasteiger partial charge in [-0.1, -0.05) is 0 Å². The molecule has 1 aliphatic carbocycles. The van der Waals surface area contributed by atoms with Gasteiger partial charge in [-0.15, -0.1) is 11.6 Å². The molecule has 0 aliphatic heterocycles. The lowest BCUT2D eigenvalue weighted by atomic mass is 10.1. The summed E-state index contributed by atoms with van der Waals surface area (Å²) < 4.78 is 34.0. The molecule has 1 atom stereocenters. The summed E-state index contributed by atoms with van der Waals surface area (Å²) in [5.41, 5.74) is -0.707. The van der Waals surface area contributed by atoms with Gasteiger partial charge in [-0.3, -0.25) is 0 Å². The van der Waals surface area contributed by atoms with Crippen LogP contribution in [0, 0.1) is 0 Å². The number of aliphatic carboxylic acids is 1. The Morgan fingerprint density at radius 2 is 2.14 bits per heavy atom. The van der Waals surface area contributed by atoms with Crippen LogP contribution in [-0.4, -0.2) is 29.7 Å². The number of alkyl halides is 1. The summed E-state index contributed by atoms with van der Waals surface area (Å²) >= 11 is 5.46. The molecule has 0 saturated heterocycles. The Bertz CT molecular complexity index is 466. The molecule has 14 heavy (non-hydrogen) atoms. The minimum absolute atomic E-state index is 0.356. The van der Waals surface area contributed by atoms with E-state index in [1.54, 1.807) is 0 Å². The van der Waals surface area contributed by atoms with Crippen molar-refractivity contribution in [3.63, 3.8) is 0 Å². The fraction of sp³-hybridized carbons (Fsp3) is 0.143. The molecule has 7 heteroatoms. The Morgan fingerprint density at radius 3 is 2.57 bits per heavy atom. The van der Waals surface area contributed by atoms with Gasteiger partial charge in [0.05, 0.1) is 15.8 Å². The van der Waals surface area contributed by atoms with Gasteiger partial charge < -0.3 is 5.11 Å². The van der Waals surface area contributed by atoms with E-state index in [0.717, 1.165) is 6.08 Å². The van der Waals surface area contributed by atoms with E-state index in [4.69, 9.17) is 16.7 Å². The van der Waals surface area contributed by atoms with Crippen LogP contribution < -0.4 is 0 Å². The normalized spacial score (nSPS) is 21.3. The van der Waals surface area contributed by atoms with Crippen LogP contribution in [0.2, 0.25) is 0 Å². The molecule has 0 heterocycles. The summed E-state index contributed by atoms with van der Waals surface area (Å²) in [4.78, 5) is 10.1. The van der Waals surface area contributed by atoms with Crippen LogP contribution >= 0.6 is 11.6 Å². The maximum absolute atomic E-state index is 12.9. The van der Waals surface area contributed by atoms with Crippen molar-refractivity contribution in [2.45, 2.75) is 5.38 Å². The lowest BCUT2D eigenvalue weighted by Crippen LogP contribution is -2.19. The average Bonchev–Trinajstić information content (AvgIpc) is 2.02. The third kappa shape index (κ3) is 2.02. The van der Waals surface area contributed by atoms with E-state index in [1.165, 1.54) is 0 Å². The van der Waals surface area contributed by atoms with Gasteiger partial charge in [0.15, 0.2) is 0 Å². The minimum atomic E-state index is -2.65. The summed E-state index contributed by atoms with van der Waals surface area (Å²) in [6.07, 6.45) is 1.44. The Hall–Kier alpha value is -1.14. The highest BCUT2D eigenvalue weighted by molar-refractivity contribution is 7.73. The minimum Gasteiger partial charge on any atom is -0.478 e. The summed E-state index contributed by atoms with van der Waals surface area (Å²) in [6, 6.07) is 0. The Kier molecular flexibility index (Phi) is 3.07. The van der Waals surface area contributed by atoms with Crippen LogP contribution in [0.15, 0.2) is 23.6 Å². The number of hydrogen-bond donors (Lipinski definition) is 1. The van der Waals surface area contributed by atoms with Crippen molar-refractivity contribution in [1.82, 2.24) is 0 Å². The van der Waals surface area contributed by atoms with Crippen molar-refractivity contribution in [2.75, 3.05) is 0 Å². The predicted octanol–water partition coefficient (Wildman–Crippen LogP) is 0.523. The molecule has 0 aromatic rings. The second-order valence-corrected chi connectivity index (χ2v) is 3.83. The van der Waals surface area contributed by atoms with E-state index in [1.807, 2.05) is 0 Å². The van der Waals surface area contributed by atoms with Crippen LogP contribution in [0.3, 0.4) is 0 Å². The molecule has 1 unspecified atom stereocenters. The second kappa shape index (κ2) is 3.93. The van der Waals surface area contributed by atoms with Crippen molar-refractivity contribution >= 4 is 32.7 Å². The van der Waals surface area contributed by atoms with Gasteiger partial charge in [-0.05, 0) is 12.2 Å². The first-order chi connectivity index (χ1) is 6.43. The van der Waals surface area contributed by atoms with E-state index in [9.17, 15) is 17.6 Å². The van der Waals surface area contributed by atoms with E-state index in [2.05, 4.69) is 0 Å². The van der Waals surface area contributed by atoms with E-state index >= 15 is 0 Å². The molecule has 0 aromatic heterocycles. The fourth-order valence-electron chi connectivity index (χ4n) is 0.895. The van der Waals surface area contributed by atoms with E-state index < -0.39 is 33.0 Å². The van der Waals surface area contributed by atoms with Crippen molar-refractivity contribution in [3.8, 4) is 0 Å². The predicted molar refractivity (Wildman–Crippen MR) is 48.5 cm³/mol. The topological polar surface area (TPSA) is 71.4 Å². The monoisotopic (exact) mass is 238 g/mol. The first-order valence-electron chi connectivity index (χ1n) is 3.36. The zero-order valence-corrected chi connectivity index (χ0v) is 8.14. The highest BCUT2D eigenvalue weighted by atomic mass is 35.5. The van der Waals surface area contributed by atoms with Gasteiger partial charge in [0.2, 0.25) is 10.3 Å². The van der Waals surface area contributed by atoms with Crippen molar-refractivity contribution in [2.24, 2.45) is 0 Å². The third-order valence-corrected chi connectivity index (χ3v) is 2.78. The molecule has 1 N–H and O–H groups in total. The molecule has 0 bridgehead atoms. The molecule has 0 aromatic carbocycles. The van der Waals surface area contributed by atoms with Gasteiger partial charge in [0.1, 0.15) is 5.83 Å². The first-order valence-corrected chi connectivity index (χ1v) is 4.87. The smallest absolute Gasteiger partial charge is 0.338 e. The molecular weight excluding hydrogens is 235 g/mol. The zero-order valence-electron chi connectivity index (χ0n) is 6.57. The van der Waals surface area contributed by atoms with Gasteiger partial charge in [0, 0.05) is 0 Å². The standard InChI is InChI=1S/C7H4ClFO4S/c8-4-2-5(9)3(7(10)11)1-6(4)14(12)13/h1-2,4H,(H,10,11). The number of carbonyl (C=O) groups is 1. The van der Waals surface area contributed by atoms with Crippen LogP contribution in [0.25, 0.3) is 0 Å². The van der Waals surface area contributed by atoms with E-state index in [0.29, 0.717) is 6.08 Å². The molecule has 0 fully saturated rings. The summed E-state index contributed by atoms with van der Waals surface area (Å²) in [6.45, 7) is 0. The lowest BCUT2D eigenvalue weighted by molar-refractivity contribution is -0.132. The molecule has 0 spiro atoms. The van der Waals surface area contributed by atoms with Crippen molar-refractivity contribution in [1.29, 1.82) is 0 Å². The summed E-state index contributed by atoms with van der Waals surface area (Å²) in [5, 5.41) is 7.33. The van der Waals surface area contributed by atoms with Crippen LogP contribution in [0.5, 0.6) is 0 Å². The Labute approximate surface area is 84.8 Å². The highest BCUT2D eigenvalue weighted by Crippen LogP contribution is 2.21. The number of carboxylic acid groups (broad SMARTS) is 1. The van der Waals surface area contributed by atoms with Gasteiger partial charge in [0.25, 0.3) is 0 Å². The molecule has 76 valence electrons. The van der Waals surface area contributed by atoms with Crippen molar-refractivity contribution < 1.29 is 22.7 Å². The van der Waals surface area contributed by atoms with Crippen molar-refractivity contribution in [3.05, 3.63) is 23.6 Å². The molecule has 1 aliphatic rings. The second-order valence-electron chi connectivity index (χ2n) is 2.42. The van der Waals surface area contributed by atoms with E-state index in [-0.39, 0.29) is 4.86 Å². The third-order valence-electron chi connectivity index (χ3n) is 1.53. The molecule has 0 saturated carbocycles. The number of hydrogen-bond acceptors (Lipinski definition) is 3. The molecule has 0 radical (unpaired) electrons. The summed E-state index contributed by atoms with van der Waals surface area (Å²) in [7, 11) is -2.65.